The van der Waals surface area contributed by atoms with E-state index in [0.29, 0.717) is 5.56 Å². The number of aryl methyl sites for hydroxylation is 2. The number of esters is 1. The van der Waals surface area contributed by atoms with Gasteiger partial charge in [-0.2, -0.15) is 5.10 Å². The molecule has 4 nitrogen and oxygen atoms in total. The van der Waals surface area contributed by atoms with E-state index < -0.39 is 0 Å². The van der Waals surface area contributed by atoms with Crippen LogP contribution in [0.4, 0.5) is 0 Å². The fourth-order valence-corrected chi connectivity index (χ4v) is 1.81. The Kier molecular flexibility index (Phi) is 2.95. The van der Waals surface area contributed by atoms with Gasteiger partial charge >= 0.3 is 5.97 Å². The summed E-state index contributed by atoms with van der Waals surface area (Å²) < 4.78 is 6.52. The summed E-state index contributed by atoms with van der Waals surface area (Å²) in [7, 11) is 1.38. The molecule has 88 valence electrons. The third-order valence-electron chi connectivity index (χ3n) is 2.55. The molecule has 17 heavy (non-hydrogen) atoms. The van der Waals surface area contributed by atoms with E-state index in [1.165, 1.54) is 7.11 Å². The summed E-state index contributed by atoms with van der Waals surface area (Å²) >= 11 is 0. The Morgan fingerprint density at radius 3 is 2.59 bits per heavy atom. The van der Waals surface area contributed by atoms with Gasteiger partial charge in [-0.25, -0.2) is 9.48 Å². The van der Waals surface area contributed by atoms with Gasteiger partial charge in [0.1, 0.15) is 0 Å². The molecule has 0 saturated carbocycles. The quantitative estimate of drug-likeness (QED) is 0.743. The van der Waals surface area contributed by atoms with E-state index in [0.717, 1.165) is 17.1 Å². The van der Waals surface area contributed by atoms with Crippen molar-refractivity contribution in [3.05, 3.63) is 47.3 Å². The minimum Gasteiger partial charge on any atom is -0.465 e. The molecular weight excluding hydrogens is 216 g/mol. The van der Waals surface area contributed by atoms with E-state index in [9.17, 15) is 4.79 Å². The van der Waals surface area contributed by atoms with Crippen molar-refractivity contribution in [1.82, 2.24) is 9.78 Å². The highest BCUT2D eigenvalue weighted by atomic mass is 16.5. The molecule has 0 aliphatic heterocycles. The van der Waals surface area contributed by atoms with Crippen molar-refractivity contribution in [3.63, 3.8) is 0 Å². The largest absolute Gasteiger partial charge is 0.465 e. The number of carbonyl (C=O) groups excluding carboxylic acids is 1. The molecule has 0 aliphatic rings. The van der Waals surface area contributed by atoms with Crippen LogP contribution in [-0.2, 0) is 4.74 Å². The van der Waals surface area contributed by atoms with Gasteiger partial charge in [-0.1, -0.05) is 12.1 Å². The first kappa shape index (κ1) is 11.4. The highest BCUT2D eigenvalue weighted by molar-refractivity contribution is 5.93. The second-order valence-electron chi connectivity index (χ2n) is 3.85. The summed E-state index contributed by atoms with van der Waals surface area (Å²) in [5, 5.41) is 4.37. The summed E-state index contributed by atoms with van der Waals surface area (Å²) in [6.07, 6.45) is 0. The lowest BCUT2D eigenvalue weighted by Gasteiger charge is -2.09. The summed E-state index contributed by atoms with van der Waals surface area (Å²) in [4.78, 5) is 11.7. The predicted octanol–water partition coefficient (Wildman–Crippen LogP) is 2.28. The van der Waals surface area contributed by atoms with Crippen molar-refractivity contribution < 1.29 is 9.53 Å². The highest BCUT2D eigenvalue weighted by Gasteiger charge is 2.14. The lowest BCUT2D eigenvalue weighted by molar-refractivity contribution is 0.0600. The third-order valence-corrected chi connectivity index (χ3v) is 2.55. The molecule has 4 heteroatoms. The van der Waals surface area contributed by atoms with Crippen LogP contribution < -0.4 is 0 Å². The first-order valence-electron chi connectivity index (χ1n) is 5.34. The van der Waals surface area contributed by atoms with Gasteiger partial charge < -0.3 is 4.74 Å². The zero-order valence-electron chi connectivity index (χ0n) is 10.1. The normalized spacial score (nSPS) is 10.3. The SMILES string of the molecule is COC(=O)c1ccccc1-n1nc(C)cc1C. The Balaban J connectivity index is 2.59. The Morgan fingerprint density at radius 2 is 2.00 bits per heavy atom. The molecule has 1 aromatic heterocycles. The van der Waals surface area contributed by atoms with Gasteiger partial charge in [0, 0.05) is 5.69 Å². The van der Waals surface area contributed by atoms with Crippen LogP contribution in [0.5, 0.6) is 0 Å². The predicted molar refractivity (Wildman–Crippen MR) is 64.4 cm³/mol. The number of hydrogen-bond donors (Lipinski definition) is 0. The lowest BCUT2D eigenvalue weighted by atomic mass is 10.2. The fraction of sp³-hybridized carbons (Fsp3) is 0.231. The molecule has 2 aromatic rings. The zero-order valence-corrected chi connectivity index (χ0v) is 10.1. The van der Waals surface area contributed by atoms with Crippen LogP contribution in [0.25, 0.3) is 5.69 Å². The molecule has 1 aromatic carbocycles. The number of ether oxygens (including phenoxy) is 1. The van der Waals surface area contributed by atoms with E-state index >= 15 is 0 Å². The van der Waals surface area contributed by atoms with E-state index in [-0.39, 0.29) is 5.97 Å². The van der Waals surface area contributed by atoms with E-state index in [4.69, 9.17) is 4.74 Å². The van der Waals surface area contributed by atoms with E-state index in [1.807, 2.05) is 32.0 Å². The van der Waals surface area contributed by atoms with Crippen LogP contribution in [0.2, 0.25) is 0 Å². The van der Waals surface area contributed by atoms with Crippen molar-refractivity contribution in [2.75, 3.05) is 7.11 Å². The van der Waals surface area contributed by atoms with Gasteiger partial charge in [0.05, 0.1) is 24.1 Å². The Hall–Kier alpha value is -2.10. The van der Waals surface area contributed by atoms with Crippen LogP contribution in [-0.4, -0.2) is 22.9 Å². The molecule has 2 rings (SSSR count). The Bertz CT molecular complexity index is 558. The van der Waals surface area contributed by atoms with Crippen LogP contribution >= 0.6 is 0 Å². The first-order valence-corrected chi connectivity index (χ1v) is 5.34. The van der Waals surface area contributed by atoms with Gasteiger partial charge in [0.2, 0.25) is 0 Å². The fourth-order valence-electron chi connectivity index (χ4n) is 1.81. The molecule has 0 N–H and O–H groups in total. The molecule has 0 unspecified atom stereocenters. The number of hydrogen-bond acceptors (Lipinski definition) is 3. The number of para-hydroxylation sites is 1. The molecule has 0 fully saturated rings. The summed E-state index contributed by atoms with van der Waals surface area (Å²) in [6, 6.07) is 9.23. The van der Waals surface area contributed by atoms with E-state index in [2.05, 4.69) is 5.10 Å². The second kappa shape index (κ2) is 4.41. The first-order chi connectivity index (χ1) is 8.13. The van der Waals surface area contributed by atoms with Crippen molar-refractivity contribution in [3.8, 4) is 5.69 Å². The zero-order chi connectivity index (χ0) is 12.4. The monoisotopic (exact) mass is 230 g/mol. The maximum atomic E-state index is 11.7. The molecule has 0 bridgehead atoms. The standard InChI is InChI=1S/C13H14N2O2/c1-9-8-10(2)15(14-9)12-7-5-4-6-11(12)13(16)17-3/h4-8H,1-3H3. The minimum atomic E-state index is -0.354. The highest BCUT2D eigenvalue weighted by Crippen LogP contribution is 2.17. The summed E-state index contributed by atoms with van der Waals surface area (Å²) in [6.45, 7) is 3.87. The maximum absolute atomic E-state index is 11.7. The van der Waals surface area contributed by atoms with Gasteiger partial charge in [0.15, 0.2) is 0 Å². The number of nitrogens with zero attached hydrogens (tertiary/aromatic N) is 2. The van der Waals surface area contributed by atoms with Crippen molar-refractivity contribution in [2.45, 2.75) is 13.8 Å². The molecule has 0 saturated heterocycles. The summed E-state index contributed by atoms with van der Waals surface area (Å²) in [5.74, 6) is -0.354. The van der Waals surface area contributed by atoms with Crippen LogP contribution in [0.15, 0.2) is 30.3 Å². The second-order valence-corrected chi connectivity index (χ2v) is 3.85. The maximum Gasteiger partial charge on any atom is 0.340 e. The van der Waals surface area contributed by atoms with Crippen molar-refractivity contribution in [1.29, 1.82) is 0 Å². The number of carbonyl (C=O) groups is 1. The van der Waals surface area contributed by atoms with E-state index in [1.54, 1.807) is 16.8 Å². The van der Waals surface area contributed by atoms with Crippen LogP contribution in [0, 0.1) is 13.8 Å². The molecule has 0 amide bonds. The Morgan fingerprint density at radius 1 is 1.29 bits per heavy atom. The Labute approximate surface area is 99.8 Å². The van der Waals surface area contributed by atoms with Gasteiger partial charge in [-0.05, 0) is 32.0 Å². The van der Waals surface area contributed by atoms with Gasteiger partial charge in [0.25, 0.3) is 0 Å². The van der Waals surface area contributed by atoms with Gasteiger partial charge in [-0.15, -0.1) is 0 Å². The van der Waals surface area contributed by atoms with Crippen molar-refractivity contribution in [2.24, 2.45) is 0 Å². The average Bonchev–Trinajstić information content (AvgIpc) is 2.67. The molecule has 0 radical (unpaired) electrons. The van der Waals surface area contributed by atoms with Crippen LogP contribution in [0.1, 0.15) is 21.7 Å². The minimum absolute atomic E-state index is 0.354. The molecule has 0 spiro atoms. The molecule has 0 atom stereocenters. The summed E-state index contributed by atoms with van der Waals surface area (Å²) in [5.41, 5.74) is 3.16. The third kappa shape index (κ3) is 2.06. The lowest BCUT2D eigenvalue weighted by Crippen LogP contribution is -2.09. The van der Waals surface area contributed by atoms with Crippen LogP contribution in [0.3, 0.4) is 0 Å². The number of rotatable bonds is 2. The number of aromatic nitrogens is 2. The topological polar surface area (TPSA) is 44.1 Å². The molecule has 0 aliphatic carbocycles. The average molecular weight is 230 g/mol. The molecular formula is C13H14N2O2. The number of methoxy groups -OCH3 is 1. The van der Waals surface area contributed by atoms with Crippen molar-refractivity contribution >= 4 is 5.97 Å². The number of benzene rings is 1. The van der Waals surface area contributed by atoms with Gasteiger partial charge in [-0.3, -0.25) is 0 Å². The molecule has 1 heterocycles. The smallest absolute Gasteiger partial charge is 0.340 e.